The van der Waals surface area contributed by atoms with Gasteiger partial charge in [-0.3, -0.25) is 14.9 Å². The molecule has 11 heavy (non-hydrogen) atoms. The third kappa shape index (κ3) is 1.76. The van der Waals surface area contributed by atoms with Crippen LogP contribution in [0.5, 0.6) is 0 Å². The van der Waals surface area contributed by atoms with E-state index in [1.165, 1.54) is 0 Å². The highest BCUT2D eigenvalue weighted by Gasteiger charge is 2.33. The van der Waals surface area contributed by atoms with E-state index >= 15 is 0 Å². The predicted octanol–water partition coefficient (Wildman–Crippen LogP) is 0.878. The maximum atomic E-state index is 10.9. The van der Waals surface area contributed by atoms with Gasteiger partial charge in [-0.25, -0.2) is 0 Å². The number of hydrogen-bond donors (Lipinski definition) is 0. The minimum atomic E-state index is -0.334. The minimum Gasteiger partial charge on any atom is -0.299 e. The van der Waals surface area contributed by atoms with E-state index in [1.807, 2.05) is 0 Å². The lowest BCUT2D eigenvalue weighted by molar-refractivity contribution is -0.489. The van der Waals surface area contributed by atoms with Crippen LogP contribution in [-0.2, 0) is 4.79 Å². The zero-order valence-electron chi connectivity index (χ0n) is 6.45. The van der Waals surface area contributed by atoms with E-state index in [1.54, 1.807) is 6.92 Å². The molecule has 0 aromatic heterocycles. The van der Waals surface area contributed by atoms with Gasteiger partial charge >= 0.3 is 0 Å². The molecule has 1 rings (SSSR count). The highest BCUT2D eigenvalue weighted by molar-refractivity contribution is 5.82. The molecular formula is C7H11NO3. The summed E-state index contributed by atoms with van der Waals surface area (Å²) in [6.45, 7) is 1.73. The van der Waals surface area contributed by atoms with Gasteiger partial charge in [-0.1, -0.05) is 6.92 Å². The Morgan fingerprint density at radius 2 is 2.36 bits per heavy atom. The van der Waals surface area contributed by atoms with Crippen molar-refractivity contribution in [1.82, 2.24) is 0 Å². The average molecular weight is 157 g/mol. The Labute approximate surface area is 64.7 Å². The van der Waals surface area contributed by atoms with Gasteiger partial charge in [0.05, 0.1) is 0 Å². The highest BCUT2D eigenvalue weighted by Crippen LogP contribution is 2.27. The maximum absolute atomic E-state index is 10.9. The number of Topliss-reactive ketones (excluding diaryl/α,β-unsaturated/α-hetero) is 1. The first-order chi connectivity index (χ1) is 5.11. The minimum absolute atomic E-state index is 0.0162. The Balaban J connectivity index is 2.48. The zero-order chi connectivity index (χ0) is 8.43. The van der Waals surface area contributed by atoms with Gasteiger partial charge in [0.2, 0.25) is 6.54 Å². The number of carbonyl (C=O) groups is 1. The van der Waals surface area contributed by atoms with Crippen LogP contribution in [0.25, 0.3) is 0 Å². The van der Waals surface area contributed by atoms with Crippen LogP contribution in [0.1, 0.15) is 19.8 Å². The molecule has 1 fully saturated rings. The van der Waals surface area contributed by atoms with E-state index < -0.39 is 0 Å². The van der Waals surface area contributed by atoms with Crippen molar-refractivity contribution in [2.75, 3.05) is 6.54 Å². The van der Waals surface area contributed by atoms with Gasteiger partial charge in [0, 0.05) is 23.2 Å². The molecule has 4 nitrogen and oxygen atoms in total. The molecule has 62 valence electrons. The predicted molar refractivity (Wildman–Crippen MR) is 38.8 cm³/mol. The van der Waals surface area contributed by atoms with Crippen molar-refractivity contribution in [2.24, 2.45) is 11.8 Å². The fourth-order valence-corrected chi connectivity index (χ4v) is 1.51. The van der Waals surface area contributed by atoms with Gasteiger partial charge in [-0.2, -0.15) is 0 Å². The van der Waals surface area contributed by atoms with Crippen LogP contribution in [0, 0.1) is 22.0 Å². The van der Waals surface area contributed by atoms with Gasteiger partial charge < -0.3 is 0 Å². The Kier molecular flexibility index (Phi) is 2.22. The Morgan fingerprint density at radius 1 is 1.73 bits per heavy atom. The zero-order valence-corrected chi connectivity index (χ0v) is 6.45. The summed E-state index contributed by atoms with van der Waals surface area (Å²) in [5.74, 6) is 0.0646. The number of hydrogen-bond acceptors (Lipinski definition) is 3. The maximum Gasteiger partial charge on any atom is 0.207 e. The molecule has 0 radical (unpaired) electrons. The molecule has 1 saturated carbocycles. The van der Waals surface area contributed by atoms with Crippen molar-refractivity contribution in [3.8, 4) is 0 Å². The second-order valence-corrected chi connectivity index (χ2v) is 3.07. The molecule has 0 spiro atoms. The summed E-state index contributed by atoms with van der Waals surface area (Å²) >= 11 is 0. The summed E-state index contributed by atoms with van der Waals surface area (Å²) in [7, 11) is 0. The topological polar surface area (TPSA) is 60.2 Å². The van der Waals surface area contributed by atoms with Crippen LogP contribution in [0.2, 0.25) is 0 Å². The van der Waals surface area contributed by atoms with Crippen molar-refractivity contribution < 1.29 is 9.72 Å². The van der Waals surface area contributed by atoms with Crippen molar-refractivity contribution in [3.05, 3.63) is 10.1 Å². The summed E-state index contributed by atoms with van der Waals surface area (Å²) in [4.78, 5) is 20.7. The summed E-state index contributed by atoms with van der Waals surface area (Å²) < 4.78 is 0. The van der Waals surface area contributed by atoms with Gasteiger partial charge in [-0.05, 0) is 6.42 Å². The number of nitro groups is 1. The van der Waals surface area contributed by atoms with Crippen molar-refractivity contribution in [3.63, 3.8) is 0 Å². The number of ketones is 1. The smallest absolute Gasteiger partial charge is 0.207 e. The van der Waals surface area contributed by atoms with E-state index in [4.69, 9.17) is 0 Å². The lowest BCUT2D eigenvalue weighted by Gasteiger charge is -2.07. The van der Waals surface area contributed by atoms with E-state index in [0.29, 0.717) is 12.8 Å². The quantitative estimate of drug-likeness (QED) is 0.441. The highest BCUT2D eigenvalue weighted by atomic mass is 16.6. The third-order valence-electron chi connectivity index (χ3n) is 2.36. The van der Waals surface area contributed by atoms with Crippen molar-refractivity contribution in [1.29, 1.82) is 0 Å². The molecule has 0 aliphatic heterocycles. The van der Waals surface area contributed by atoms with Gasteiger partial charge in [0.15, 0.2) is 0 Å². The van der Waals surface area contributed by atoms with Crippen molar-refractivity contribution in [2.45, 2.75) is 19.8 Å². The van der Waals surface area contributed by atoms with E-state index in [9.17, 15) is 14.9 Å². The van der Waals surface area contributed by atoms with Crippen LogP contribution in [0.3, 0.4) is 0 Å². The summed E-state index contributed by atoms with van der Waals surface area (Å²) in [5, 5.41) is 10.1. The molecule has 4 heteroatoms. The van der Waals surface area contributed by atoms with Crippen LogP contribution < -0.4 is 0 Å². The number of rotatable bonds is 2. The van der Waals surface area contributed by atoms with Gasteiger partial charge in [0.25, 0.3) is 0 Å². The first kappa shape index (κ1) is 8.17. The van der Waals surface area contributed by atoms with E-state index in [-0.39, 0.29) is 29.1 Å². The first-order valence-electron chi connectivity index (χ1n) is 3.75. The molecule has 0 saturated heterocycles. The second kappa shape index (κ2) is 2.98. The molecule has 0 bridgehead atoms. The fourth-order valence-electron chi connectivity index (χ4n) is 1.51. The lowest BCUT2D eigenvalue weighted by atomic mass is 9.98. The average Bonchev–Trinajstić information content (AvgIpc) is 2.18. The Morgan fingerprint density at radius 3 is 2.73 bits per heavy atom. The summed E-state index contributed by atoms with van der Waals surface area (Å²) in [5.41, 5.74) is 0. The summed E-state index contributed by atoms with van der Waals surface area (Å²) in [6.07, 6.45) is 1.22. The van der Waals surface area contributed by atoms with Gasteiger partial charge in [-0.15, -0.1) is 0 Å². The molecule has 0 aromatic carbocycles. The van der Waals surface area contributed by atoms with Crippen LogP contribution in [0.4, 0.5) is 0 Å². The SMILES string of the molecule is CC1C(=O)CCC1C[N+](=O)[O-]. The fraction of sp³-hybridized carbons (Fsp3) is 0.857. The molecular weight excluding hydrogens is 146 g/mol. The molecule has 0 aromatic rings. The van der Waals surface area contributed by atoms with E-state index in [2.05, 4.69) is 0 Å². The molecule has 0 heterocycles. The molecule has 0 amide bonds. The molecule has 1 aliphatic rings. The standard InChI is InChI=1S/C7H11NO3/c1-5-6(4-8(10)11)2-3-7(5)9/h5-6H,2-4H2,1H3. The second-order valence-electron chi connectivity index (χ2n) is 3.07. The van der Waals surface area contributed by atoms with Crippen LogP contribution in [0.15, 0.2) is 0 Å². The Bertz CT molecular complexity index is 190. The first-order valence-corrected chi connectivity index (χ1v) is 3.75. The number of carbonyl (C=O) groups excluding carboxylic acids is 1. The molecule has 2 unspecified atom stereocenters. The molecule has 0 N–H and O–H groups in total. The van der Waals surface area contributed by atoms with Gasteiger partial charge in [0.1, 0.15) is 5.78 Å². The monoisotopic (exact) mass is 157 g/mol. The van der Waals surface area contributed by atoms with Crippen LogP contribution in [-0.4, -0.2) is 17.3 Å². The largest absolute Gasteiger partial charge is 0.299 e. The van der Waals surface area contributed by atoms with Crippen LogP contribution >= 0.6 is 0 Å². The molecule has 1 aliphatic carbocycles. The Hall–Kier alpha value is -0.930. The molecule has 2 atom stereocenters. The third-order valence-corrected chi connectivity index (χ3v) is 2.36. The normalized spacial score (nSPS) is 30.8. The number of nitrogens with zero attached hydrogens (tertiary/aromatic N) is 1. The summed E-state index contributed by atoms with van der Waals surface area (Å²) in [6, 6.07) is 0. The van der Waals surface area contributed by atoms with E-state index in [0.717, 1.165) is 0 Å². The lowest BCUT2D eigenvalue weighted by Crippen LogP contribution is -2.19. The van der Waals surface area contributed by atoms with Crippen molar-refractivity contribution >= 4 is 5.78 Å².